The summed E-state index contributed by atoms with van der Waals surface area (Å²) in [6.07, 6.45) is 4.32. The van der Waals surface area contributed by atoms with E-state index in [2.05, 4.69) is 22.2 Å². The molecule has 0 bridgehead atoms. The fourth-order valence-corrected chi connectivity index (χ4v) is 2.47. The molecule has 1 atom stereocenters. The minimum absolute atomic E-state index is 0.0329. The van der Waals surface area contributed by atoms with Gasteiger partial charge >= 0.3 is 0 Å². The summed E-state index contributed by atoms with van der Waals surface area (Å²) in [6, 6.07) is 3.56. The van der Waals surface area contributed by atoms with Gasteiger partial charge in [-0.1, -0.05) is 0 Å². The number of amides is 1. The zero-order chi connectivity index (χ0) is 13.7. The summed E-state index contributed by atoms with van der Waals surface area (Å²) >= 11 is 0. The first-order valence-electron chi connectivity index (χ1n) is 6.79. The molecule has 0 aromatic carbocycles. The lowest BCUT2D eigenvalue weighted by atomic mass is 9.98. The van der Waals surface area contributed by atoms with Crippen LogP contribution in [0.2, 0.25) is 0 Å². The zero-order valence-electron chi connectivity index (χ0n) is 11.4. The van der Waals surface area contributed by atoms with E-state index in [0.29, 0.717) is 18.0 Å². The van der Waals surface area contributed by atoms with E-state index < -0.39 is 0 Å². The number of carbonyl (C=O) groups excluding carboxylic acids is 1. The van der Waals surface area contributed by atoms with Crippen molar-refractivity contribution in [2.45, 2.75) is 19.3 Å². The van der Waals surface area contributed by atoms with Gasteiger partial charge in [-0.2, -0.15) is 0 Å². The van der Waals surface area contributed by atoms with Gasteiger partial charge in [-0.15, -0.1) is 0 Å². The molecule has 5 nitrogen and oxygen atoms in total. The van der Waals surface area contributed by atoms with Crippen molar-refractivity contribution in [1.82, 2.24) is 15.2 Å². The van der Waals surface area contributed by atoms with E-state index in [1.165, 1.54) is 19.4 Å². The predicted octanol–water partition coefficient (Wildman–Crippen LogP) is 0.664. The maximum absolute atomic E-state index is 11.8. The van der Waals surface area contributed by atoms with Gasteiger partial charge in [0.25, 0.3) is 0 Å². The van der Waals surface area contributed by atoms with Crippen molar-refractivity contribution in [2.75, 3.05) is 32.4 Å². The third-order valence-electron chi connectivity index (χ3n) is 3.50. The topological polar surface area (TPSA) is 71.2 Å². The number of hydrogen-bond acceptors (Lipinski definition) is 4. The van der Waals surface area contributed by atoms with Gasteiger partial charge in [0.2, 0.25) is 5.91 Å². The molecule has 0 spiro atoms. The lowest BCUT2D eigenvalue weighted by Crippen LogP contribution is -2.39. The van der Waals surface area contributed by atoms with Crippen molar-refractivity contribution < 1.29 is 4.79 Å². The molecule has 5 heteroatoms. The maximum atomic E-state index is 11.8. The smallest absolute Gasteiger partial charge is 0.226 e. The molecule has 1 unspecified atom stereocenters. The summed E-state index contributed by atoms with van der Waals surface area (Å²) < 4.78 is 0. The highest BCUT2D eigenvalue weighted by Crippen LogP contribution is 2.13. The Bertz CT molecular complexity index is 418. The highest BCUT2D eigenvalue weighted by atomic mass is 16.1. The summed E-state index contributed by atoms with van der Waals surface area (Å²) in [5, 5.41) is 3.00. The van der Waals surface area contributed by atoms with Crippen molar-refractivity contribution in [2.24, 2.45) is 5.92 Å². The van der Waals surface area contributed by atoms with Crippen LogP contribution in [0.1, 0.15) is 18.5 Å². The molecule has 0 saturated carbocycles. The van der Waals surface area contributed by atoms with E-state index in [-0.39, 0.29) is 5.91 Å². The molecular weight excluding hydrogens is 240 g/mol. The Morgan fingerprint density at radius 1 is 1.58 bits per heavy atom. The van der Waals surface area contributed by atoms with E-state index in [0.717, 1.165) is 18.8 Å². The average molecular weight is 262 g/mol. The molecule has 0 radical (unpaired) electrons. The summed E-state index contributed by atoms with van der Waals surface area (Å²) in [5.74, 6) is 0.604. The Morgan fingerprint density at radius 2 is 2.42 bits per heavy atom. The van der Waals surface area contributed by atoms with Crippen LogP contribution in [0.4, 0.5) is 5.69 Å². The van der Waals surface area contributed by atoms with Gasteiger partial charge in [-0.05, 0) is 44.5 Å². The lowest BCUT2D eigenvalue weighted by Gasteiger charge is -2.29. The number of nitrogens with two attached hydrogens (primary N) is 1. The molecule has 1 aromatic rings. The molecule has 19 heavy (non-hydrogen) atoms. The van der Waals surface area contributed by atoms with Crippen LogP contribution in [-0.4, -0.2) is 42.5 Å². The predicted molar refractivity (Wildman–Crippen MR) is 75.6 cm³/mol. The zero-order valence-corrected chi connectivity index (χ0v) is 11.4. The van der Waals surface area contributed by atoms with E-state index in [4.69, 9.17) is 5.73 Å². The van der Waals surface area contributed by atoms with Crippen LogP contribution in [0, 0.1) is 5.92 Å². The van der Waals surface area contributed by atoms with Crippen molar-refractivity contribution in [3.63, 3.8) is 0 Å². The molecule has 1 aliphatic rings. The van der Waals surface area contributed by atoms with Crippen LogP contribution in [-0.2, 0) is 11.2 Å². The van der Waals surface area contributed by atoms with Crippen molar-refractivity contribution >= 4 is 11.6 Å². The number of likely N-dealkylation sites (tertiary alicyclic amines) is 1. The number of aromatic nitrogens is 1. The van der Waals surface area contributed by atoms with Crippen LogP contribution in [0.5, 0.6) is 0 Å². The second-order valence-electron chi connectivity index (χ2n) is 5.33. The monoisotopic (exact) mass is 262 g/mol. The molecule has 2 heterocycles. The van der Waals surface area contributed by atoms with E-state index >= 15 is 0 Å². The first kappa shape index (κ1) is 13.8. The van der Waals surface area contributed by atoms with Gasteiger partial charge in [-0.25, -0.2) is 0 Å². The van der Waals surface area contributed by atoms with Crippen molar-refractivity contribution in [1.29, 1.82) is 0 Å². The van der Waals surface area contributed by atoms with Crippen molar-refractivity contribution in [3.8, 4) is 0 Å². The van der Waals surface area contributed by atoms with Gasteiger partial charge < -0.3 is 16.0 Å². The first-order valence-corrected chi connectivity index (χ1v) is 6.79. The number of carbonyl (C=O) groups is 1. The number of pyridine rings is 1. The van der Waals surface area contributed by atoms with Crippen LogP contribution < -0.4 is 11.1 Å². The Labute approximate surface area is 114 Å². The number of nitrogens with zero attached hydrogens (tertiary/aromatic N) is 2. The number of anilines is 1. The Balaban J connectivity index is 1.73. The minimum atomic E-state index is 0.0329. The maximum Gasteiger partial charge on any atom is 0.226 e. The summed E-state index contributed by atoms with van der Waals surface area (Å²) in [7, 11) is 2.13. The normalized spacial score (nSPS) is 20.2. The molecule has 1 aromatic heterocycles. The molecular formula is C14H22N4O. The third kappa shape index (κ3) is 4.52. The first-order chi connectivity index (χ1) is 9.13. The minimum Gasteiger partial charge on any atom is -0.397 e. The standard InChI is InChI=1S/C14H22N4O/c1-18-6-2-3-11(10-18)8-17-14(19)7-13-5-4-12(15)9-16-13/h4-5,9,11H,2-3,6-8,10,15H2,1H3,(H,17,19). The number of nitrogen functional groups attached to an aromatic ring is 1. The van der Waals surface area contributed by atoms with Gasteiger partial charge in [0.1, 0.15) is 0 Å². The molecule has 1 saturated heterocycles. The van der Waals surface area contributed by atoms with Crippen LogP contribution in [0.25, 0.3) is 0 Å². The number of nitrogens with one attached hydrogen (secondary N) is 1. The fourth-order valence-electron chi connectivity index (χ4n) is 2.47. The van der Waals surface area contributed by atoms with Crippen LogP contribution in [0.15, 0.2) is 18.3 Å². The Hall–Kier alpha value is -1.62. The molecule has 1 amide bonds. The highest BCUT2D eigenvalue weighted by Gasteiger charge is 2.17. The third-order valence-corrected chi connectivity index (χ3v) is 3.50. The number of piperidine rings is 1. The van der Waals surface area contributed by atoms with E-state index in [1.54, 1.807) is 18.3 Å². The summed E-state index contributed by atoms with van der Waals surface area (Å²) in [5.41, 5.74) is 6.94. The fraction of sp³-hybridized carbons (Fsp3) is 0.571. The van der Waals surface area contributed by atoms with Crippen LogP contribution >= 0.6 is 0 Å². The number of rotatable bonds is 4. The van der Waals surface area contributed by atoms with Gasteiger partial charge in [0, 0.05) is 18.8 Å². The Morgan fingerprint density at radius 3 is 3.11 bits per heavy atom. The molecule has 104 valence electrons. The lowest BCUT2D eigenvalue weighted by molar-refractivity contribution is -0.120. The van der Waals surface area contributed by atoms with E-state index in [1.807, 2.05) is 0 Å². The SMILES string of the molecule is CN1CCCC(CNC(=O)Cc2ccc(N)cn2)C1. The molecule has 0 aliphatic carbocycles. The van der Waals surface area contributed by atoms with Crippen molar-refractivity contribution in [3.05, 3.63) is 24.0 Å². The van der Waals surface area contributed by atoms with Crippen LogP contribution in [0.3, 0.4) is 0 Å². The molecule has 1 fully saturated rings. The highest BCUT2D eigenvalue weighted by molar-refractivity contribution is 5.78. The Kier molecular flexibility index (Phi) is 4.74. The number of hydrogen-bond donors (Lipinski definition) is 2. The van der Waals surface area contributed by atoms with Gasteiger partial charge in [0.05, 0.1) is 18.3 Å². The van der Waals surface area contributed by atoms with Gasteiger partial charge in [0.15, 0.2) is 0 Å². The summed E-state index contributed by atoms with van der Waals surface area (Å²) in [6.45, 7) is 3.00. The summed E-state index contributed by atoms with van der Waals surface area (Å²) in [4.78, 5) is 18.3. The molecule has 1 aliphatic heterocycles. The van der Waals surface area contributed by atoms with Gasteiger partial charge in [-0.3, -0.25) is 9.78 Å². The molecule has 3 N–H and O–H groups in total. The second kappa shape index (κ2) is 6.52. The second-order valence-corrected chi connectivity index (χ2v) is 5.33. The quantitative estimate of drug-likeness (QED) is 0.836. The largest absolute Gasteiger partial charge is 0.397 e. The van der Waals surface area contributed by atoms with E-state index in [9.17, 15) is 4.79 Å². The molecule has 2 rings (SSSR count). The average Bonchev–Trinajstić information content (AvgIpc) is 2.39.